The summed E-state index contributed by atoms with van der Waals surface area (Å²) in [4.78, 5) is 19.3. The molecule has 156 valence electrons. The van der Waals surface area contributed by atoms with E-state index in [4.69, 9.17) is 4.18 Å². The summed E-state index contributed by atoms with van der Waals surface area (Å²) in [7, 11) is -3.89. The second kappa shape index (κ2) is 8.65. The molecular formula is C22H22N2O4S2. The molecule has 0 unspecified atom stereocenters. The van der Waals surface area contributed by atoms with Crippen LogP contribution in [0.25, 0.3) is 6.08 Å². The molecule has 4 rings (SSSR count). The largest absolute Gasteiger partial charge is 0.379 e. The lowest BCUT2D eigenvalue weighted by Crippen LogP contribution is -2.33. The molecule has 2 aliphatic heterocycles. The van der Waals surface area contributed by atoms with Gasteiger partial charge in [-0.2, -0.15) is 13.4 Å². The van der Waals surface area contributed by atoms with E-state index in [1.165, 1.54) is 30.3 Å². The van der Waals surface area contributed by atoms with Gasteiger partial charge in [-0.1, -0.05) is 29.8 Å². The zero-order chi connectivity index (χ0) is 21.1. The summed E-state index contributed by atoms with van der Waals surface area (Å²) in [6, 6.07) is 13.1. The van der Waals surface area contributed by atoms with Gasteiger partial charge in [-0.15, -0.1) is 0 Å². The molecule has 1 fully saturated rings. The first-order chi connectivity index (χ1) is 14.4. The predicted molar refractivity (Wildman–Crippen MR) is 119 cm³/mol. The lowest BCUT2D eigenvalue weighted by atomic mass is 10.1. The number of rotatable bonds is 4. The van der Waals surface area contributed by atoms with Crippen LogP contribution in [0.1, 0.15) is 30.4 Å². The van der Waals surface area contributed by atoms with E-state index in [1.54, 1.807) is 42.5 Å². The van der Waals surface area contributed by atoms with Gasteiger partial charge in [0, 0.05) is 13.1 Å². The smallest absolute Gasteiger partial charge is 0.339 e. The van der Waals surface area contributed by atoms with Crippen LogP contribution in [0.15, 0.2) is 63.3 Å². The minimum absolute atomic E-state index is 0.106. The maximum atomic E-state index is 12.4. The standard InChI is InChI=1S/C22H22N2O4S2/c1-16-5-11-19(12-6-16)30(26,27)28-18-9-7-17(8-10-18)15-20-21(25)23-22(29-20)24-13-3-2-4-14-24/h5-12,15H,2-4,13-14H2,1H3/b20-15+. The number of piperidine rings is 1. The van der Waals surface area contributed by atoms with Crippen LogP contribution < -0.4 is 4.18 Å². The SMILES string of the molecule is Cc1ccc(S(=O)(=O)Oc2ccc(/C=C3/SC(N4CCCCC4)=NC3=O)cc2)cc1. The summed E-state index contributed by atoms with van der Waals surface area (Å²) in [6.07, 6.45) is 5.24. The Bertz CT molecular complexity index is 1100. The van der Waals surface area contributed by atoms with E-state index in [2.05, 4.69) is 9.89 Å². The van der Waals surface area contributed by atoms with Crippen LogP contribution in [0.3, 0.4) is 0 Å². The molecule has 0 radical (unpaired) electrons. The average Bonchev–Trinajstić information content (AvgIpc) is 3.10. The predicted octanol–water partition coefficient (Wildman–Crippen LogP) is 4.22. The number of hydrogen-bond acceptors (Lipinski definition) is 6. The Kier molecular flexibility index (Phi) is 5.97. The van der Waals surface area contributed by atoms with Gasteiger partial charge in [0.15, 0.2) is 5.17 Å². The Morgan fingerprint density at radius 3 is 2.33 bits per heavy atom. The van der Waals surface area contributed by atoms with Crippen LogP contribution in [-0.4, -0.2) is 37.5 Å². The third kappa shape index (κ3) is 4.76. The quantitative estimate of drug-likeness (QED) is 0.521. The van der Waals surface area contributed by atoms with Crippen molar-refractivity contribution < 1.29 is 17.4 Å². The molecule has 0 aliphatic carbocycles. The van der Waals surface area contributed by atoms with Crippen molar-refractivity contribution in [3.05, 3.63) is 64.6 Å². The molecule has 0 aromatic heterocycles. The summed E-state index contributed by atoms with van der Waals surface area (Å²) in [6.45, 7) is 3.76. The van der Waals surface area contributed by atoms with Gasteiger partial charge in [-0.25, -0.2) is 0 Å². The maximum Gasteiger partial charge on any atom is 0.339 e. The molecule has 1 amide bonds. The van der Waals surface area contributed by atoms with Crippen molar-refractivity contribution in [2.45, 2.75) is 31.1 Å². The van der Waals surface area contributed by atoms with Gasteiger partial charge in [-0.3, -0.25) is 4.79 Å². The highest BCUT2D eigenvalue weighted by Crippen LogP contribution is 2.31. The van der Waals surface area contributed by atoms with E-state index < -0.39 is 10.1 Å². The number of carbonyl (C=O) groups is 1. The zero-order valence-electron chi connectivity index (χ0n) is 16.6. The number of aryl methyl sites for hydroxylation is 1. The van der Waals surface area contributed by atoms with Crippen molar-refractivity contribution in [3.8, 4) is 5.75 Å². The van der Waals surface area contributed by atoms with E-state index in [0.717, 1.165) is 42.2 Å². The zero-order valence-corrected chi connectivity index (χ0v) is 18.2. The van der Waals surface area contributed by atoms with Gasteiger partial charge >= 0.3 is 10.1 Å². The Labute approximate surface area is 180 Å². The minimum atomic E-state index is -3.89. The van der Waals surface area contributed by atoms with Crippen molar-refractivity contribution in [1.29, 1.82) is 0 Å². The third-order valence-electron chi connectivity index (χ3n) is 4.93. The topological polar surface area (TPSA) is 76.0 Å². The highest BCUT2D eigenvalue weighted by Gasteiger charge is 2.26. The maximum absolute atomic E-state index is 12.4. The second-order valence-corrected chi connectivity index (χ2v) is 9.83. The second-order valence-electron chi connectivity index (χ2n) is 7.28. The molecule has 0 atom stereocenters. The van der Waals surface area contributed by atoms with Gasteiger partial charge in [0.2, 0.25) is 0 Å². The van der Waals surface area contributed by atoms with Crippen LogP contribution in [0.5, 0.6) is 5.75 Å². The Hall–Kier alpha value is -2.58. The van der Waals surface area contributed by atoms with Crippen LogP contribution >= 0.6 is 11.8 Å². The Morgan fingerprint density at radius 1 is 1.00 bits per heavy atom. The van der Waals surface area contributed by atoms with E-state index in [-0.39, 0.29) is 16.6 Å². The molecular weight excluding hydrogens is 420 g/mol. The number of aliphatic imine (C=N–C) groups is 1. The number of benzene rings is 2. The monoisotopic (exact) mass is 442 g/mol. The fourth-order valence-electron chi connectivity index (χ4n) is 3.27. The van der Waals surface area contributed by atoms with Crippen LogP contribution in [-0.2, 0) is 14.9 Å². The van der Waals surface area contributed by atoms with Gasteiger partial charge in [-0.05, 0) is 73.9 Å². The third-order valence-corrected chi connectivity index (χ3v) is 7.24. The van der Waals surface area contributed by atoms with Gasteiger partial charge in [0.25, 0.3) is 5.91 Å². The highest BCUT2D eigenvalue weighted by atomic mass is 32.2. The molecule has 2 aromatic carbocycles. The van der Waals surface area contributed by atoms with Crippen molar-refractivity contribution in [3.63, 3.8) is 0 Å². The molecule has 0 bridgehead atoms. The first-order valence-corrected chi connectivity index (χ1v) is 12.0. The lowest BCUT2D eigenvalue weighted by Gasteiger charge is -2.27. The number of hydrogen-bond donors (Lipinski definition) is 0. The molecule has 8 heteroatoms. The van der Waals surface area contributed by atoms with Crippen LogP contribution in [0.4, 0.5) is 0 Å². The number of carbonyl (C=O) groups excluding carboxylic acids is 1. The first kappa shape index (κ1) is 20.7. The molecule has 2 aromatic rings. The molecule has 2 heterocycles. The van der Waals surface area contributed by atoms with Gasteiger partial charge in [0.05, 0.1) is 4.91 Å². The number of likely N-dealkylation sites (tertiary alicyclic amines) is 1. The summed E-state index contributed by atoms with van der Waals surface area (Å²) < 4.78 is 30.0. The molecule has 30 heavy (non-hydrogen) atoms. The normalized spacial score (nSPS) is 18.6. The summed E-state index contributed by atoms with van der Waals surface area (Å²) in [5, 5.41) is 0.773. The van der Waals surface area contributed by atoms with Crippen LogP contribution in [0.2, 0.25) is 0 Å². The van der Waals surface area contributed by atoms with Crippen molar-refractivity contribution >= 4 is 39.0 Å². The molecule has 0 spiro atoms. The number of amidine groups is 1. The van der Waals surface area contributed by atoms with E-state index in [1.807, 2.05) is 6.92 Å². The van der Waals surface area contributed by atoms with E-state index in [0.29, 0.717) is 4.91 Å². The van der Waals surface area contributed by atoms with E-state index >= 15 is 0 Å². The number of amides is 1. The fourth-order valence-corrected chi connectivity index (χ4v) is 5.16. The highest BCUT2D eigenvalue weighted by molar-refractivity contribution is 8.18. The Morgan fingerprint density at radius 2 is 1.67 bits per heavy atom. The molecule has 1 saturated heterocycles. The summed E-state index contributed by atoms with van der Waals surface area (Å²) in [5.74, 6) is -0.0174. The molecule has 0 saturated carbocycles. The fraction of sp³-hybridized carbons (Fsp3) is 0.273. The number of thioether (sulfide) groups is 1. The average molecular weight is 443 g/mol. The van der Waals surface area contributed by atoms with Crippen LogP contribution in [0, 0.1) is 6.92 Å². The first-order valence-electron chi connectivity index (χ1n) is 9.79. The van der Waals surface area contributed by atoms with Crippen molar-refractivity contribution in [1.82, 2.24) is 4.90 Å². The molecule has 6 nitrogen and oxygen atoms in total. The van der Waals surface area contributed by atoms with Gasteiger partial charge < -0.3 is 9.08 Å². The lowest BCUT2D eigenvalue weighted by molar-refractivity contribution is -0.113. The van der Waals surface area contributed by atoms with Crippen molar-refractivity contribution in [2.75, 3.05) is 13.1 Å². The minimum Gasteiger partial charge on any atom is -0.379 e. The summed E-state index contributed by atoms with van der Waals surface area (Å²) in [5.41, 5.74) is 1.75. The molecule has 2 aliphatic rings. The van der Waals surface area contributed by atoms with Gasteiger partial charge in [0.1, 0.15) is 10.6 Å². The Balaban J connectivity index is 1.44. The summed E-state index contributed by atoms with van der Waals surface area (Å²) >= 11 is 1.39. The number of nitrogens with zero attached hydrogens (tertiary/aromatic N) is 2. The van der Waals surface area contributed by atoms with E-state index in [9.17, 15) is 13.2 Å². The molecule has 0 N–H and O–H groups in total. The van der Waals surface area contributed by atoms with Crippen molar-refractivity contribution in [2.24, 2.45) is 4.99 Å².